The fourth-order valence-corrected chi connectivity index (χ4v) is 2.06. The van der Waals surface area contributed by atoms with Gasteiger partial charge in [0.15, 0.2) is 0 Å². The smallest absolute Gasteiger partial charge is 0.147 e. The van der Waals surface area contributed by atoms with Crippen molar-refractivity contribution in [2.75, 3.05) is 17.2 Å². The lowest BCUT2D eigenvalue weighted by Crippen LogP contribution is -2.10. The van der Waals surface area contributed by atoms with Crippen LogP contribution in [-0.4, -0.2) is 10.8 Å². The molecule has 0 atom stereocenters. The minimum atomic E-state index is 0.0694. The Balaban J connectivity index is 0.000000174. The normalized spacial score (nSPS) is 9.96. The van der Waals surface area contributed by atoms with E-state index < -0.39 is 0 Å². The Morgan fingerprint density at radius 2 is 1.65 bits per heavy atom. The maximum Gasteiger partial charge on any atom is 0.147 e. The van der Waals surface area contributed by atoms with Gasteiger partial charge in [-0.3, -0.25) is 5.41 Å². The van der Waals surface area contributed by atoms with Crippen LogP contribution in [0.3, 0.4) is 0 Å². The van der Waals surface area contributed by atoms with Gasteiger partial charge in [0.05, 0.1) is 5.69 Å². The molecule has 0 bridgehead atoms. The summed E-state index contributed by atoms with van der Waals surface area (Å²) in [6.45, 7) is 0. The Morgan fingerprint density at radius 3 is 2.26 bits per heavy atom. The fraction of sp³-hybridized carbons (Fsp3) is 0. The summed E-state index contributed by atoms with van der Waals surface area (Å²) in [7, 11) is 0. The molecule has 3 rings (SSSR count). The standard InChI is InChI=1S/C9H8ClN3.C7H9N3/c10-6-2-1-5-4-13-9(12)8(11)7(5)3-6;8-6-3-1-5(2-4-6)7(9)10/h1-4H,11H2,(H2,12,13);1-4H,8H2,(H3,9,10). The zero-order chi connectivity index (χ0) is 17.0. The quantitative estimate of drug-likeness (QED) is 0.265. The molecule has 118 valence electrons. The molecule has 6 nitrogen and oxygen atoms in total. The van der Waals surface area contributed by atoms with Crippen LogP contribution in [0.1, 0.15) is 5.56 Å². The van der Waals surface area contributed by atoms with Crippen molar-refractivity contribution in [1.29, 1.82) is 5.41 Å². The van der Waals surface area contributed by atoms with Crippen LogP contribution in [0.5, 0.6) is 0 Å². The zero-order valence-electron chi connectivity index (χ0n) is 12.3. The zero-order valence-corrected chi connectivity index (χ0v) is 13.0. The molecule has 3 aromatic rings. The molecule has 9 N–H and O–H groups in total. The lowest BCUT2D eigenvalue weighted by Gasteiger charge is -2.03. The summed E-state index contributed by atoms with van der Waals surface area (Å²) in [4.78, 5) is 3.95. The number of amidine groups is 1. The highest BCUT2D eigenvalue weighted by molar-refractivity contribution is 6.31. The monoisotopic (exact) mass is 328 g/mol. The number of aromatic nitrogens is 1. The topological polar surface area (TPSA) is 141 Å². The number of nitrogen functional groups attached to an aromatic ring is 4. The molecule has 0 saturated heterocycles. The Kier molecular flexibility index (Phi) is 4.88. The third kappa shape index (κ3) is 4.02. The molecular weight excluding hydrogens is 312 g/mol. The Bertz CT molecular complexity index is 840. The molecule has 23 heavy (non-hydrogen) atoms. The summed E-state index contributed by atoms with van der Waals surface area (Å²) in [6.07, 6.45) is 1.68. The second-order valence-electron chi connectivity index (χ2n) is 4.82. The SMILES string of the molecule is N=C(N)c1ccc(N)cc1.Nc1ncc2ccc(Cl)cc2c1N. The molecule has 1 aromatic heterocycles. The predicted octanol–water partition coefficient (Wildman–Crippen LogP) is 2.61. The number of anilines is 3. The van der Waals surface area contributed by atoms with Crippen molar-refractivity contribution in [2.24, 2.45) is 5.73 Å². The lowest BCUT2D eigenvalue weighted by molar-refractivity contribution is 1.37. The molecule has 0 radical (unpaired) electrons. The molecule has 0 saturated carbocycles. The van der Waals surface area contributed by atoms with E-state index >= 15 is 0 Å². The van der Waals surface area contributed by atoms with Gasteiger partial charge in [-0.25, -0.2) is 4.98 Å². The van der Waals surface area contributed by atoms with Crippen LogP contribution in [0, 0.1) is 5.41 Å². The van der Waals surface area contributed by atoms with Crippen molar-refractivity contribution in [3.05, 3.63) is 59.2 Å². The molecule has 2 aromatic carbocycles. The van der Waals surface area contributed by atoms with Gasteiger partial charge in [-0.1, -0.05) is 17.7 Å². The number of nitrogens with zero attached hydrogens (tertiary/aromatic N) is 1. The molecule has 1 heterocycles. The van der Waals surface area contributed by atoms with Gasteiger partial charge in [-0.15, -0.1) is 0 Å². The van der Waals surface area contributed by atoms with Gasteiger partial charge in [0.2, 0.25) is 0 Å². The van der Waals surface area contributed by atoms with Crippen molar-refractivity contribution >= 4 is 45.4 Å². The number of nitrogens with two attached hydrogens (primary N) is 4. The van der Waals surface area contributed by atoms with Crippen LogP contribution in [0.25, 0.3) is 10.8 Å². The third-order valence-electron chi connectivity index (χ3n) is 3.15. The molecule has 0 spiro atoms. The molecule has 0 fully saturated rings. The highest BCUT2D eigenvalue weighted by Crippen LogP contribution is 2.26. The summed E-state index contributed by atoms with van der Waals surface area (Å²) >= 11 is 5.83. The molecule has 0 aliphatic carbocycles. The van der Waals surface area contributed by atoms with Crippen LogP contribution in [0.2, 0.25) is 5.02 Å². The summed E-state index contributed by atoms with van der Waals surface area (Å²) in [5, 5.41) is 9.47. The van der Waals surface area contributed by atoms with E-state index in [1.165, 1.54) is 0 Å². The Labute approximate surface area is 138 Å². The molecule has 0 amide bonds. The van der Waals surface area contributed by atoms with E-state index in [1.54, 1.807) is 42.6 Å². The maximum atomic E-state index is 7.04. The van der Waals surface area contributed by atoms with Crippen molar-refractivity contribution < 1.29 is 0 Å². The molecule has 0 unspecified atom stereocenters. The van der Waals surface area contributed by atoms with Gasteiger partial charge in [0.25, 0.3) is 0 Å². The molecule has 0 aliphatic heterocycles. The lowest BCUT2D eigenvalue weighted by atomic mass is 10.1. The highest BCUT2D eigenvalue weighted by atomic mass is 35.5. The number of pyridine rings is 1. The first kappa shape index (κ1) is 16.4. The minimum Gasteiger partial charge on any atom is -0.399 e. The van der Waals surface area contributed by atoms with E-state index in [-0.39, 0.29) is 5.84 Å². The first-order valence-corrected chi connectivity index (χ1v) is 7.05. The molecule has 7 heteroatoms. The van der Waals surface area contributed by atoms with Crippen LogP contribution < -0.4 is 22.9 Å². The largest absolute Gasteiger partial charge is 0.399 e. The second kappa shape index (κ2) is 6.85. The van der Waals surface area contributed by atoms with Crippen molar-refractivity contribution in [3.63, 3.8) is 0 Å². The van der Waals surface area contributed by atoms with E-state index in [9.17, 15) is 0 Å². The van der Waals surface area contributed by atoms with Crippen molar-refractivity contribution in [3.8, 4) is 0 Å². The number of nitrogens with one attached hydrogen (secondary N) is 1. The summed E-state index contributed by atoms with van der Waals surface area (Å²) < 4.78 is 0. The number of rotatable bonds is 1. The third-order valence-corrected chi connectivity index (χ3v) is 3.38. The van der Waals surface area contributed by atoms with Crippen molar-refractivity contribution in [2.45, 2.75) is 0 Å². The number of halogens is 1. The second-order valence-corrected chi connectivity index (χ2v) is 5.26. The highest BCUT2D eigenvalue weighted by Gasteiger charge is 2.02. The van der Waals surface area contributed by atoms with Gasteiger partial charge >= 0.3 is 0 Å². The fourth-order valence-electron chi connectivity index (χ4n) is 1.88. The predicted molar refractivity (Wildman–Crippen MR) is 97.4 cm³/mol. The van der Waals surface area contributed by atoms with Crippen LogP contribution in [0.15, 0.2) is 48.7 Å². The van der Waals surface area contributed by atoms with Gasteiger partial charge in [-0.05, 0) is 36.4 Å². The first-order chi connectivity index (χ1) is 10.9. The number of hydrogen-bond donors (Lipinski definition) is 5. The van der Waals surface area contributed by atoms with E-state index in [4.69, 9.17) is 39.9 Å². The van der Waals surface area contributed by atoms with Crippen molar-refractivity contribution in [1.82, 2.24) is 4.98 Å². The Hall–Kier alpha value is -2.99. The average molecular weight is 329 g/mol. The average Bonchev–Trinajstić information content (AvgIpc) is 2.52. The van der Waals surface area contributed by atoms with Crippen LogP contribution in [0.4, 0.5) is 17.2 Å². The number of benzene rings is 2. The molecular formula is C16H17ClN6. The maximum absolute atomic E-state index is 7.04. The van der Waals surface area contributed by atoms with Gasteiger partial charge < -0.3 is 22.9 Å². The van der Waals surface area contributed by atoms with Crippen LogP contribution in [-0.2, 0) is 0 Å². The van der Waals surface area contributed by atoms with Crippen LogP contribution >= 0.6 is 11.6 Å². The van der Waals surface area contributed by atoms with E-state index in [0.29, 0.717) is 27.8 Å². The van der Waals surface area contributed by atoms with E-state index in [0.717, 1.165) is 10.8 Å². The van der Waals surface area contributed by atoms with E-state index in [1.807, 2.05) is 6.07 Å². The van der Waals surface area contributed by atoms with Gasteiger partial charge in [-0.2, -0.15) is 0 Å². The Morgan fingerprint density at radius 1 is 1.00 bits per heavy atom. The van der Waals surface area contributed by atoms with Gasteiger partial charge in [0, 0.05) is 33.2 Å². The molecule has 0 aliphatic rings. The summed E-state index contributed by atoms with van der Waals surface area (Å²) in [6, 6.07) is 12.3. The van der Waals surface area contributed by atoms with Gasteiger partial charge in [0.1, 0.15) is 11.7 Å². The number of fused-ring (bicyclic) bond motifs is 1. The summed E-state index contributed by atoms with van der Waals surface area (Å²) in [5.74, 6) is 0.412. The first-order valence-electron chi connectivity index (χ1n) is 6.67. The van der Waals surface area contributed by atoms with E-state index in [2.05, 4.69) is 4.98 Å². The summed E-state index contributed by atoms with van der Waals surface area (Å²) in [5.41, 5.74) is 23.8. The number of hydrogen-bond acceptors (Lipinski definition) is 5. The minimum absolute atomic E-state index is 0.0694.